The molecule has 0 N–H and O–H groups in total. The highest BCUT2D eigenvalue weighted by atomic mass is 35.5. The average molecular weight is 294 g/mol. The highest BCUT2D eigenvalue weighted by molar-refractivity contribution is 6.41. The third kappa shape index (κ3) is 1.83. The van der Waals surface area contributed by atoms with E-state index in [0.717, 1.165) is 43.4 Å². The third-order valence-electron chi connectivity index (χ3n) is 3.81. The summed E-state index contributed by atoms with van der Waals surface area (Å²) in [4.78, 5) is 4.80. The minimum atomic E-state index is 0.750. The van der Waals surface area contributed by atoms with Gasteiger partial charge in [0.25, 0.3) is 0 Å². The van der Waals surface area contributed by atoms with Crippen molar-refractivity contribution < 1.29 is 4.74 Å². The first kappa shape index (κ1) is 12.4. The molecule has 0 atom stereocenters. The molecule has 3 heteroatoms. The predicted molar refractivity (Wildman–Crippen MR) is 88.3 cm³/mol. The van der Waals surface area contributed by atoms with E-state index in [0.29, 0.717) is 0 Å². The quantitative estimate of drug-likeness (QED) is 0.355. The number of nitrogens with zero attached hydrogens (tertiary/aromatic N) is 1. The molecule has 0 aliphatic carbocycles. The number of benzene rings is 3. The maximum atomic E-state index is 6.58. The highest BCUT2D eigenvalue weighted by Gasteiger charge is 2.10. The number of pyridine rings is 1. The number of halogens is 1. The zero-order chi connectivity index (χ0) is 14.4. The van der Waals surface area contributed by atoms with E-state index in [2.05, 4.69) is 6.07 Å². The Morgan fingerprint density at radius 1 is 0.905 bits per heavy atom. The van der Waals surface area contributed by atoms with E-state index in [4.69, 9.17) is 21.3 Å². The summed E-state index contributed by atoms with van der Waals surface area (Å²) >= 11 is 6.58. The van der Waals surface area contributed by atoms with Crippen LogP contribution in [-0.2, 0) is 0 Å². The molecule has 3 aromatic carbocycles. The molecule has 21 heavy (non-hydrogen) atoms. The lowest BCUT2D eigenvalue weighted by molar-refractivity contribution is 0.415. The smallest absolute Gasteiger partial charge is 0.119 e. The lowest BCUT2D eigenvalue weighted by Gasteiger charge is -2.09. The summed E-state index contributed by atoms with van der Waals surface area (Å²) < 4.78 is 5.33. The van der Waals surface area contributed by atoms with E-state index in [9.17, 15) is 0 Å². The van der Waals surface area contributed by atoms with Crippen LogP contribution in [0.5, 0.6) is 5.75 Å². The number of aromatic nitrogens is 1. The average Bonchev–Trinajstić information content (AvgIpc) is 2.54. The molecule has 0 fully saturated rings. The van der Waals surface area contributed by atoms with E-state index >= 15 is 0 Å². The van der Waals surface area contributed by atoms with Crippen molar-refractivity contribution in [1.82, 2.24) is 4.98 Å². The van der Waals surface area contributed by atoms with E-state index in [-0.39, 0.29) is 0 Å². The number of hydrogen-bond donors (Lipinski definition) is 0. The fourth-order valence-electron chi connectivity index (χ4n) is 2.73. The number of para-hydroxylation sites is 1. The van der Waals surface area contributed by atoms with Crippen LogP contribution in [0.25, 0.3) is 32.6 Å². The highest BCUT2D eigenvalue weighted by Crippen LogP contribution is 2.35. The SMILES string of the molecule is COc1ccc2ccc3c(Cl)c4ccccc4nc3c2c1. The molecule has 0 aliphatic rings. The van der Waals surface area contributed by atoms with Crippen LogP contribution < -0.4 is 4.74 Å². The zero-order valence-electron chi connectivity index (χ0n) is 11.4. The summed E-state index contributed by atoms with van der Waals surface area (Å²) in [7, 11) is 1.67. The maximum Gasteiger partial charge on any atom is 0.119 e. The summed E-state index contributed by atoms with van der Waals surface area (Å²) in [5, 5.41) is 4.88. The van der Waals surface area contributed by atoms with Crippen molar-refractivity contribution in [3.05, 3.63) is 59.6 Å². The van der Waals surface area contributed by atoms with Gasteiger partial charge in [-0.05, 0) is 23.6 Å². The first-order chi connectivity index (χ1) is 10.3. The molecular formula is C18H12ClNO. The van der Waals surface area contributed by atoms with Gasteiger partial charge in [0.2, 0.25) is 0 Å². The fraction of sp³-hybridized carbons (Fsp3) is 0.0556. The van der Waals surface area contributed by atoms with Gasteiger partial charge in [0.1, 0.15) is 5.75 Å². The van der Waals surface area contributed by atoms with E-state index < -0.39 is 0 Å². The van der Waals surface area contributed by atoms with E-state index in [1.54, 1.807) is 7.11 Å². The van der Waals surface area contributed by atoms with Crippen LogP contribution in [0.2, 0.25) is 5.02 Å². The Bertz CT molecular complexity index is 994. The second-order valence-corrected chi connectivity index (χ2v) is 5.37. The molecule has 1 aromatic heterocycles. The summed E-state index contributed by atoms with van der Waals surface area (Å²) in [6.45, 7) is 0. The second kappa shape index (κ2) is 4.61. The summed E-state index contributed by atoms with van der Waals surface area (Å²) in [6, 6.07) is 18.0. The van der Waals surface area contributed by atoms with Crippen molar-refractivity contribution >= 4 is 44.2 Å². The van der Waals surface area contributed by atoms with Crippen molar-refractivity contribution in [2.24, 2.45) is 0 Å². The first-order valence-electron chi connectivity index (χ1n) is 6.72. The minimum Gasteiger partial charge on any atom is -0.497 e. The molecule has 0 saturated heterocycles. The number of fused-ring (bicyclic) bond motifs is 4. The van der Waals surface area contributed by atoms with Gasteiger partial charge in [0.15, 0.2) is 0 Å². The lowest BCUT2D eigenvalue weighted by Crippen LogP contribution is -1.88. The molecule has 1 heterocycles. The molecular weight excluding hydrogens is 282 g/mol. The molecule has 0 spiro atoms. The molecule has 4 rings (SSSR count). The topological polar surface area (TPSA) is 22.1 Å². The molecule has 0 aliphatic heterocycles. The van der Waals surface area contributed by atoms with Gasteiger partial charge >= 0.3 is 0 Å². The van der Waals surface area contributed by atoms with Crippen LogP contribution in [0.15, 0.2) is 54.6 Å². The van der Waals surface area contributed by atoms with Crippen molar-refractivity contribution in [2.45, 2.75) is 0 Å². The predicted octanol–water partition coefficient (Wildman–Crippen LogP) is 5.20. The van der Waals surface area contributed by atoms with Gasteiger partial charge in [-0.2, -0.15) is 0 Å². The number of hydrogen-bond acceptors (Lipinski definition) is 2. The van der Waals surface area contributed by atoms with E-state index in [1.807, 2.05) is 48.5 Å². The Labute approximate surface area is 126 Å². The van der Waals surface area contributed by atoms with Crippen LogP contribution in [0, 0.1) is 0 Å². The van der Waals surface area contributed by atoms with Crippen LogP contribution in [0.4, 0.5) is 0 Å². The largest absolute Gasteiger partial charge is 0.497 e. The third-order valence-corrected chi connectivity index (χ3v) is 4.22. The van der Waals surface area contributed by atoms with Gasteiger partial charge in [-0.3, -0.25) is 0 Å². The van der Waals surface area contributed by atoms with Crippen LogP contribution in [0.1, 0.15) is 0 Å². The molecule has 0 amide bonds. The van der Waals surface area contributed by atoms with Gasteiger partial charge in [0.05, 0.1) is 23.2 Å². The number of ether oxygens (including phenoxy) is 1. The summed E-state index contributed by atoms with van der Waals surface area (Å²) in [6.07, 6.45) is 0. The van der Waals surface area contributed by atoms with Gasteiger partial charge in [0, 0.05) is 16.2 Å². The Morgan fingerprint density at radius 3 is 2.57 bits per heavy atom. The normalized spacial score (nSPS) is 11.3. The first-order valence-corrected chi connectivity index (χ1v) is 7.10. The zero-order valence-corrected chi connectivity index (χ0v) is 12.2. The molecule has 4 aromatic rings. The van der Waals surface area contributed by atoms with Crippen molar-refractivity contribution in [1.29, 1.82) is 0 Å². The van der Waals surface area contributed by atoms with Crippen molar-refractivity contribution in [2.75, 3.05) is 7.11 Å². The lowest BCUT2D eigenvalue weighted by atomic mass is 10.0. The molecule has 0 unspecified atom stereocenters. The molecule has 2 nitrogen and oxygen atoms in total. The molecule has 0 saturated carbocycles. The number of rotatable bonds is 1. The minimum absolute atomic E-state index is 0.750. The van der Waals surface area contributed by atoms with Crippen LogP contribution in [0.3, 0.4) is 0 Å². The van der Waals surface area contributed by atoms with Gasteiger partial charge in [-0.15, -0.1) is 0 Å². The van der Waals surface area contributed by atoms with Gasteiger partial charge < -0.3 is 4.74 Å². The standard InChI is InChI=1S/C18H12ClNO/c1-21-12-8-6-11-7-9-14-17(19)13-4-2-3-5-16(13)20-18(14)15(11)10-12/h2-10H,1H3. The van der Waals surface area contributed by atoms with Crippen molar-refractivity contribution in [3.8, 4) is 5.75 Å². The molecule has 102 valence electrons. The second-order valence-electron chi connectivity index (χ2n) is 4.99. The Hall–Kier alpha value is -2.32. The molecule has 0 radical (unpaired) electrons. The van der Waals surface area contributed by atoms with Crippen LogP contribution >= 0.6 is 11.6 Å². The van der Waals surface area contributed by atoms with Gasteiger partial charge in [-0.1, -0.05) is 48.0 Å². The van der Waals surface area contributed by atoms with Gasteiger partial charge in [-0.25, -0.2) is 4.98 Å². The maximum absolute atomic E-state index is 6.58. The Balaban J connectivity index is 2.24. The van der Waals surface area contributed by atoms with E-state index in [1.165, 1.54) is 0 Å². The summed E-state index contributed by atoms with van der Waals surface area (Å²) in [5.74, 6) is 0.820. The Morgan fingerprint density at radius 2 is 1.71 bits per heavy atom. The fourth-order valence-corrected chi connectivity index (χ4v) is 3.04. The molecule has 0 bridgehead atoms. The number of methoxy groups -OCH3 is 1. The Kier molecular flexibility index (Phi) is 2.72. The van der Waals surface area contributed by atoms with Crippen molar-refractivity contribution in [3.63, 3.8) is 0 Å². The summed E-state index contributed by atoms with van der Waals surface area (Å²) in [5.41, 5.74) is 1.82. The monoisotopic (exact) mass is 293 g/mol. The van der Waals surface area contributed by atoms with Crippen LogP contribution in [-0.4, -0.2) is 12.1 Å².